The summed E-state index contributed by atoms with van der Waals surface area (Å²) in [4.78, 5) is 15.6. The van der Waals surface area contributed by atoms with Crippen molar-refractivity contribution in [2.75, 3.05) is 5.32 Å². The first kappa shape index (κ1) is 20.1. The summed E-state index contributed by atoms with van der Waals surface area (Å²) in [6.07, 6.45) is -0.838. The highest BCUT2D eigenvalue weighted by molar-refractivity contribution is 5.91. The van der Waals surface area contributed by atoms with Crippen LogP contribution in [-0.2, 0) is 11.0 Å². The highest BCUT2D eigenvalue weighted by Gasteiger charge is 2.30. The molecule has 1 aromatic heterocycles. The second-order valence-electron chi connectivity index (χ2n) is 6.74. The number of anilines is 1. The van der Waals surface area contributed by atoms with Gasteiger partial charge in [-0.05, 0) is 37.0 Å². The molecule has 1 aromatic carbocycles. The molecule has 1 saturated carbocycles. The summed E-state index contributed by atoms with van der Waals surface area (Å²) < 4.78 is 57.0. The summed E-state index contributed by atoms with van der Waals surface area (Å²) in [6.45, 7) is 0. The van der Waals surface area contributed by atoms with Gasteiger partial charge in [0.05, 0.1) is 5.56 Å². The Bertz CT molecular complexity index is 840. The molecule has 2 aromatic rings. The van der Waals surface area contributed by atoms with Crippen molar-refractivity contribution in [3.63, 3.8) is 0 Å². The van der Waals surface area contributed by atoms with E-state index < -0.39 is 17.6 Å². The van der Waals surface area contributed by atoms with E-state index in [4.69, 9.17) is 10.5 Å². The summed E-state index contributed by atoms with van der Waals surface area (Å²) in [5, 5.41) is 2.61. The zero-order valence-electron chi connectivity index (χ0n) is 14.8. The Labute approximate surface area is 158 Å². The second-order valence-corrected chi connectivity index (χ2v) is 6.74. The van der Waals surface area contributed by atoms with E-state index >= 15 is 0 Å². The summed E-state index contributed by atoms with van der Waals surface area (Å²) in [6, 6.07) is 5.59. The Morgan fingerprint density at radius 3 is 2.61 bits per heavy atom. The Morgan fingerprint density at radius 1 is 1.25 bits per heavy atom. The molecule has 3 rings (SSSR count). The maximum absolute atomic E-state index is 14.2. The van der Waals surface area contributed by atoms with Crippen LogP contribution < -0.4 is 15.8 Å². The average molecular weight is 397 g/mol. The van der Waals surface area contributed by atoms with Crippen LogP contribution >= 0.6 is 0 Å². The molecular weight excluding hydrogens is 378 g/mol. The van der Waals surface area contributed by atoms with Crippen LogP contribution in [0.4, 0.5) is 23.2 Å². The largest absolute Gasteiger partial charge is 0.436 e. The first-order valence-electron chi connectivity index (χ1n) is 8.78. The monoisotopic (exact) mass is 397 g/mol. The number of alkyl halides is 3. The third-order valence-electron chi connectivity index (χ3n) is 4.66. The van der Waals surface area contributed by atoms with Gasteiger partial charge in [-0.3, -0.25) is 4.79 Å². The fourth-order valence-corrected chi connectivity index (χ4v) is 3.15. The summed E-state index contributed by atoms with van der Waals surface area (Å²) in [7, 11) is 0. The molecule has 3 N–H and O–H groups in total. The molecule has 1 aliphatic rings. The molecule has 150 valence electrons. The van der Waals surface area contributed by atoms with Gasteiger partial charge >= 0.3 is 6.18 Å². The quantitative estimate of drug-likeness (QED) is 0.729. The van der Waals surface area contributed by atoms with E-state index in [-0.39, 0.29) is 41.6 Å². The number of nitrogens with zero attached hydrogens (tertiary/aromatic N) is 1. The maximum atomic E-state index is 14.2. The van der Waals surface area contributed by atoms with Gasteiger partial charge in [0.1, 0.15) is 0 Å². The third-order valence-corrected chi connectivity index (χ3v) is 4.66. The number of ether oxygens (including phenoxy) is 1. The number of pyridine rings is 1. The van der Waals surface area contributed by atoms with Crippen molar-refractivity contribution in [3.8, 4) is 11.6 Å². The molecule has 0 bridgehead atoms. The van der Waals surface area contributed by atoms with E-state index in [1.807, 2.05) is 0 Å². The lowest BCUT2D eigenvalue weighted by Gasteiger charge is -2.15. The lowest BCUT2D eigenvalue weighted by molar-refractivity contribution is -0.137. The standard InChI is InChI=1S/C19H19F4N3O2/c20-14-9-13(26-17(27)8-11-2-1-3-15(11)24)5-6-16(14)28-18-7-4-12(10-25-18)19(21,22)23/h4-7,9-11,15H,1-3,8,24H2,(H,26,27)/t11-,15+/m0/s1. The number of aromatic nitrogens is 1. The SMILES string of the molecule is N[C@@H]1CCC[C@H]1CC(=O)Nc1ccc(Oc2ccc(C(F)(F)F)cn2)c(F)c1. The number of carbonyl (C=O) groups is 1. The molecule has 5 nitrogen and oxygen atoms in total. The zero-order chi connectivity index (χ0) is 20.3. The predicted molar refractivity (Wildman–Crippen MR) is 94.3 cm³/mol. The minimum absolute atomic E-state index is 0.00879. The van der Waals surface area contributed by atoms with E-state index in [9.17, 15) is 22.4 Å². The van der Waals surface area contributed by atoms with Crippen LogP contribution in [0, 0.1) is 11.7 Å². The summed E-state index contributed by atoms with van der Waals surface area (Å²) in [5.74, 6) is -1.31. The first-order chi connectivity index (χ1) is 13.2. The van der Waals surface area contributed by atoms with Crippen molar-refractivity contribution in [3.05, 3.63) is 47.9 Å². The van der Waals surface area contributed by atoms with Crippen LogP contribution in [0.5, 0.6) is 11.6 Å². The van der Waals surface area contributed by atoms with Gasteiger partial charge in [0.25, 0.3) is 0 Å². The lowest BCUT2D eigenvalue weighted by Crippen LogP contribution is -2.28. The molecule has 0 unspecified atom stereocenters. The normalized spacial score (nSPS) is 19.5. The molecule has 9 heteroatoms. The number of hydrogen-bond acceptors (Lipinski definition) is 4. The maximum Gasteiger partial charge on any atom is 0.417 e. The fraction of sp³-hybridized carbons (Fsp3) is 0.368. The van der Waals surface area contributed by atoms with Gasteiger partial charge in [-0.25, -0.2) is 9.37 Å². The van der Waals surface area contributed by atoms with Gasteiger partial charge in [0.15, 0.2) is 11.6 Å². The molecular formula is C19H19F4N3O2. The van der Waals surface area contributed by atoms with Gasteiger partial charge in [-0.2, -0.15) is 13.2 Å². The van der Waals surface area contributed by atoms with Crippen molar-refractivity contribution < 1.29 is 27.1 Å². The minimum atomic E-state index is -4.51. The lowest BCUT2D eigenvalue weighted by atomic mass is 10.00. The van der Waals surface area contributed by atoms with E-state index in [2.05, 4.69) is 10.3 Å². The van der Waals surface area contributed by atoms with Crippen LogP contribution in [0.1, 0.15) is 31.2 Å². The Balaban J connectivity index is 1.61. The van der Waals surface area contributed by atoms with Gasteiger partial charge in [0.2, 0.25) is 11.8 Å². The Morgan fingerprint density at radius 2 is 2.04 bits per heavy atom. The summed E-state index contributed by atoms with van der Waals surface area (Å²) in [5.41, 5.74) is 5.27. The smallest absolute Gasteiger partial charge is 0.417 e. The first-order valence-corrected chi connectivity index (χ1v) is 8.78. The molecule has 1 amide bonds. The zero-order valence-corrected chi connectivity index (χ0v) is 14.8. The van der Waals surface area contributed by atoms with E-state index in [1.54, 1.807) is 0 Å². The molecule has 0 spiro atoms. The number of nitrogens with one attached hydrogen (secondary N) is 1. The molecule has 28 heavy (non-hydrogen) atoms. The van der Waals surface area contributed by atoms with Gasteiger partial charge in [-0.15, -0.1) is 0 Å². The van der Waals surface area contributed by atoms with Gasteiger partial charge in [-0.1, -0.05) is 6.42 Å². The molecule has 1 fully saturated rings. The van der Waals surface area contributed by atoms with Crippen LogP contribution in [0.2, 0.25) is 0 Å². The van der Waals surface area contributed by atoms with Crippen LogP contribution in [0.3, 0.4) is 0 Å². The highest BCUT2D eigenvalue weighted by Crippen LogP contribution is 2.31. The number of carbonyl (C=O) groups excluding carboxylic acids is 1. The van der Waals surface area contributed by atoms with Crippen LogP contribution in [0.15, 0.2) is 36.5 Å². The average Bonchev–Trinajstić information content (AvgIpc) is 3.01. The Hall–Kier alpha value is -2.68. The fourth-order valence-electron chi connectivity index (χ4n) is 3.15. The van der Waals surface area contributed by atoms with Crippen molar-refractivity contribution in [1.29, 1.82) is 0 Å². The molecule has 2 atom stereocenters. The van der Waals surface area contributed by atoms with Crippen molar-refractivity contribution in [1.82, 2.24) is 4.98 Å². The van der Waals surface area contributed by atoms with Crippen molar-refractivity contribution >= 4 is 11.6 Å². The number of benzene rings is 1. The van der Waals surface area contributed by atoms with Crippen molar-refractivity contribution in [2.24, 2.45) is 11.7 Å². The number of rotatable bonds is 5. The number of amides is 1. The van der Waals surface area contributed by atoms with Gasteiger partial charge in [0, 0.05) is 36.5 Å². The number of halogens is 4. The summed E-state index contributed by atoms with van der Waals surface area (Å²) >= 11 is 0. The molecule has 1 heterocycles. The minimum Gasteiger partial charge on any atom is -0.436 e. The highest BCUT2D eigenvalue weighted by atomic mass is 19.4. The van der Waals surface area contributed by atoms with Crippen LogP contribution in [-0.4, -0.2) is 16.9 Å². The van der Waals surface area contributed by atoms with E-state index in [1.165, 1.54) is 12.1 Å². The molecule has 0 aliphatic heterocycles. The predicted octanol–water partition coefficient (Wildman–Crippen LogP) is 4.49. The van der Waals surface area contributed by atoms with Gasteiger partial charge < -0.3 is 15.8 Å². The van der Waals surface area contributed by atoms with Crippen LogP contribution in [0.25, 0.3) is 0 Å². The van der Waals surface area contributed by atoms with E-state index in [0.717, 1.165) is 37.5 Å². The molecule has 0 saturated heterocycles. The third kappa shape index (κ3) is 4.98. The topological polar surface area (TPSA) is 77.2 Å². The van der Waals surface area contributed by atoms with E-state index in [0.29, 0.717) is 6.20 Å². The second kappa shape index (κ2) is 8.14. The number of nitrogens with two attached hydrogens (primary N) is 1. The molecule has 1 aliphatic carbocycles. The van der Waals surface area contributed by atoms with Crippen molar-refractivity contribution in [2.45, 2.75) is 37.9 Å². The number of hydrogen-bond donors (Lipinski definition) is 2. The molecule has 0 radical (unpaired) electrons. The Kier molecular flexibility index (Phi) is 5.83.